The van der Waals surface area contributed by atoms with Crippen LogP contribution in [-0.4, -0.2) is 83.7 Å². The molecular weight excluding hydrogens is 642 g/mol. The Hall–Kier alpha value is -1.38. The molecule has 0 spiro atoms. The van der Waals surface area contributed by atoms with Gasteiger partial charge in [-0.15, -0.1) is 0 Å². The second-order valence-electron chi connectivity index (χ2n) is 17.9. The van der Waals surface area contributed by atoms with Gasteiger partial charge in [-0.25, -0.2) is 0 Å². The number of nitrogens with two attached hydrogens (primary N) is 1. The lowest BCUT2D eigenvalue weighted by molar-refractivity contribution is -0.125. The highest BCUT2D eigenvalue weighted by molar-refractivity contribution is 5.84. The average Bonchev–Trinajstić information content (AvgIpc) is 3.62. The molecule has 6 aliphatic rings. The number of hydrogen-bond acceptors (Lipinski definition) is 9. The molecule has 3 saturated carbocycles. The van der Waals surface area contributed by atoms with E-state index in [1.165, 1.54) is 32.1 Å². The monoisotopic (exact) mass is 712 g/mol. The van der Waals surface area contributed by atoms with Crippen LogP contribution in [0.15, 0.2) is 0 Å². The highest BCUT2D eigenvalue weighted by Gasteiger charge is 2.46. The summed E-state index contributed by atoms with van der Waals surface area (Å²) in [6, 6.07) is 0.356. The third-order valence-electron chi connectivity index (χ3n) is 14.7. The normalized spacial score (nSPS) is 39.7. The summed E-state index contributed by atoms with van der Waals surface area (Å²) in [6.45, 7) is 1.93. The zero-order chi connectivity index (χ0) is 36.0. The Bertz CT molecular complexity index is 1210. The largest absolute Gasteiger partial charge is 0.393 e. The van der Waals surface area contributed by atoms with Crippen LogP contribution < -0.4 is 16.4 Å². The van der Waals surface area contributed by atoms with Gasteiger partial charge in [0, 0.05) is 38.3 Å². The molecule has 0 aromatic rings. The maximum absolute atomic E-state index is 13.7. The van der Waals surface area contributed by atoms with Crippen molar-refractivity contribution in [2.24, 2.45) is 52.6 Å². The van der Waals surface area contributed by atoms with Crippen molar-refractivity contribution in [3.8, 4) is 11.8 Å². The van der Waals surface area contributed by atoms with Crippen LogP contribution in [0, 0.1) is 58.7 Å². The van der Waals surface area contributed by atoms with Crippen LogP contribution in [0.2, 0.25) is 0 Å². The van der Waals surface area contributed by atoms with E-state index in [0.29, 0.717) is 74.5 Å². The summed E-state index contributed by atoms with van der Waals surface area (Å²) >= 11 is 0. The Kier molecular flexibility index (Phi) is 14.1. The third kappa shape index (κ3) is 10.0. The molecule has 0 aromatic carbocycles. The summed E-state index contributed by atoms with van der Waals surface area (Å²) in [5, 5.41) is 40.7. The molecule has 2 heterocycles. The SMILES string of the molecule is COC1CC2CCC(=O)C(C(O)CCCC3(C4CNC5CC(=O)CCC5C4)CCCC3)C#CC(CCC(O)CCC3CCNC(N)C3)C2CC1O. The maximum atomic E-state index is 13.7. The quantitative estimate of drug-likeness (QED) is 0.150. The minimum Gasteiger partial charge on any atom is -0.393 e. The average molecular weight is 712 g/mol. The summed E-state index contributed by atoms with van der Waals surface area (Å²) in [5.41, 5.74) is 6.39. The Balaban J connectivity index is 1.08. The van der Waals surface area contributed by atoms with E-state index in [1.807, 2.05) is 0 Å². The molecule has 13 atom stereocenters. The highest BCUT2D eigenvalue weighted by atomic mass is 16.5. The lowest BCUT2D eigenvalue weighted by atomic mass is 9.63. The van der Waals surface area contributed by atoms with Crippen LogP contribution in [0.5, 0.6) is 0 Å². The molecule has 2 aliphatic heterocycles. The van der Waals surface area contributed by atoms with Gasteiger partial charge >= 0.3 is 0 Å². The van der Waals surface area contributed by atoms with Gasteiger partial charge in [-0.05, 0) is 144 Å². The molecule has 9 heteroatoms. The Morgan fingerprint density at radius 1 is 0.941 bits per heavy atom. The minimum atomic E-state index is -0.790. The lowest BCUT2D eigenvalue weighted by Crippen LogP contribution is -2.52. The van der Waals surface area contributed by atoms with E-state index < -0.39 is 24.2 Å². The molecular formula is C42H69N3O6. The third-order valence-corrected chi connectivity index (χ3v) is 14.7. The van der Waals surface area contributed by atoms with E-state index in [1.54, 1.807) is 7.11 Å². The lowest BCUT2D eigenvalue weighted by Gasteiger charge is -2.47. The first-order chi connectivity index (χ1) is 24.6. The van der Waals surface area contributed by atoms with Crippen molar-refractivity contribution in [3.05, 3.63) is 0 Å². The number of rotatable bonds is 13. The van der Waals surface area contributed by atoms with Crippen molar-refractivity contribution in [2.45, 2.75) is 171 Å². The zero-order valence-electron chi connectivity index (χ0n) is 31.4. The Morgan fingerprint density at radius 2 is 1.73 bits per heavy atom. The molecule has 13 unspecified atom stereocenters. The van der Waals surface area contributed by atoms with Crippen molar-refractivity contribution in [3.63, 3.8) is 0 Å². The van der Waals surface area contributed by atoms with E-state index >= 15 is 0 Å². The molecule has 5 fully saturated rings. The molecule has 9 nitrogen and oxygen atoms in total. The van der Waals surface area contributed by atoms with Gasteiger partial charge in [0.05, 0.1) is 30.6 Å². The number of Topliss-reactive ketones (excluding diaryl/α,β-unsaturated/α-hetero) is 2. The van der Waals surface area contributed by atoms with E-state index in [0.717, 1.165) is 70.9 Å². The molecule has 0 radical (unpaired) electrons. The van der Waals surface area contributed by atoms with Gasteiger partial charge in [0.2, 0.25) is 0 Å². The second kappa shape index (κ2) is 18.3. The van der Waals surface area contributed by atoms with Gasteiger partial charge in [-0.2, -0.15) is 0 Å². The summed E-state index contributed by atoms with van der Waals surface area (Å²) in [4.78, 5) is 25.8. The number of aliphatic hydroxyl groups excluding tert-OH is 3. The van der Waals surface area contributed by atoms with Crippen molar-refractivity contribution >= 4 is 11.6 Å². The maximum Gasteiger partial charge on any atom is 0.150 e. The number of ether oxygens (including phenoxy) is 1. The highest BCUT2D eigenvalue weighted by Crippen LogP contribution is 2.52. The minimum absolute atomic E-state index is 0.0413. The molecule has 288 valence electrons. The van der Waals surface area contributed by atoms with Crippen molar-refractivity contribution in [2.75, 3.05) is 20.2 Å². The van der Waals surface area contributed by atoms with E-state index in [2.05, 4.69) is 22.5 Å². The Morgan fingerprint density at radius 3 is 2.51 bits per heavy atom. The van der Waals surface area contributed by atoms with Gasteiger partial charge in [-0.3, -0.25) is 9.59 Å². The van der Waals surface area contributed by atoms with Crippen LogP contribution in [0.4, 0.5) is 0 Å². The number of hydrogen-bond donors (Lipinski definition) is 6. The fourth-order valence-corrected chi connectivity index (χ4v) is 11.6. The molecule has 0 bridgehead atoms. The van der Waals surface area contributed by atoms with E-state index in [-0.39, 0.29) is 41.2 Å². The predicted molar refractivity (Wildman–Crippen MR) is 198 cm³/mol. The van der Waals surface area contributed by atoms with Gasteiger partial charge in [0.25, 0.3) is 0 Å². The Labute approximate surface area is 307 Å². The molecule has 4 aliphatic carbocycles. The standard InChI is InChI=1S/C42H69N3O6/c1-51-40-23-29-10-15-38(49)34(14-9-28(35(29)25-39(40)50)7-12-32(46)11-6-27-16-20-44-41(43)21-27)37(48)5-4-19-42(17-2-3-18-42)31-22-30-8-13-33(47)24-36(30)45-26-31/h27-32,34-37,39-41,44-46,48,50H,2-8,10-13,15-26,43H2,1H3. The van der Waals surface area contributed by atoms with Gasteiger partial charge in [0.15, 0.2) is 0 Å². The fourth-order valence-electron chi connectivity index (χ4n) is 11.6. The number of ketones is 2. The summed E-state index contributed by atoms with van der Waals surface area (Å²) in [7, 11) is 1.65. The van der Waals surface area contributed by atoms with Crippen LogP contribution in [-0.2, 0) is 14.3 Å². The number of methoxy groups -OCH3 is 1. The number of carbonyl (C=O) groups is 2. The smallest absolute Gasteiger partial charge is 0.150 e. The summed E-state index contributed by atoms with van der Waals surface area (Å²) in [5.74, 6) is 8.63. The van der Waals surface area contributed by atoms with Gasteiger partial charge < -0.3 is 36.4 Å². The summed E-state index contributed by atoms with van der Waals surface area (Å²) in [6.07, 6.45) is 16.7. The second-order valence-corrected chi connectivity index (χ2v) is 17.9. The zero-order valence-corrected chi connectivity index (χ0v) is 31.4. The van der Waals surface area contributed by atoms with Crippen LogP contribution >= 0.6 is 0 Å². The van der Waals surface area contributed by atoms with Crippen LogP contribution in [0.1, 0.15) is 135 Å². The number of nitrogens with one attached hydrogen (secondary N) is 2. The number of carbonyl (C=O) groups excluding carboxylic acids is 2. The first-order valence-electron chi connectivity index (χ1n) is 21.0. The molecule has 0 aromatic heterocycles. The van der Waals surface area contributed by atoms with Gasteiger partial charge in [0.1, 0.15) is 17.5 Å². The topological polar surface area (TPSA) is 154 Å². The molecule has 6 rings (SSSR count). The molecule has 2 saturated heterocycles. The van der Waals surface area contributed by atoms with E-state index in [9.17, 15) is 24.9 Å². The van der Waals surface area contributed by atoms with Crippen molar-refractivity contribution < 1.29 is 29.6 Å². The van der Waals surface area contributed by atoms with Crippen molar-refractivity contribution in [1.82, 2.24) is 10.6 Å². The first kappa shape index (κ1) is 39.3. The molecule has 0 amide bonds. The molecule has 51 heavy (non-hydrogen) atoms. The number of piperidine rings is 2. The number of aliphatic hydroxyl groups is 3. The van der Waals surface area contributed by atoms with Crippen LogP contribution in [0.3, 0.4) is 0 Å². The van der Waals surface area contributed by atoms with Crippen molar-refractivity contribution in [1.29, 1.82) is 0 Å². The summed E-state index contributed by atoms with van der Waals surface area (Å²) < 4.78 is 5.66. The first-order valence-corrected chi connectivity index (χ1v) is 21.0. The predicted octanol–water partition coefficient (Wildman–Crippen LogP) is 4.63. The number of fused-ring (bicyclic) bond motifs is 2. The fraction of sp³-hybridized carbons (Fsp3) is 0.905. The van der Waals surface area contributed by atoms with Gasteiger partial charge in [-0.1, -0.05) is 31.1 Å². The van der Waals surface area contributed by atoms with E-state index in [4.69, 9.17) is 10.5 Å². The molecule has 7 N–H and O–H groups in total. The van der Waals surface area contributed by atoms with Crippen LogP contribution in [0.25, 0.3) is 0 Å².